The summed E-state index contributed by atoms with van der Waals surface area (Å²) in [6.45, 7) is 2.07. The third kappa shape index (κ3) is 3.47. The van der Waals surface area contributed by atoms with Gasteiger partial charge >= 0.3 is 5.97 Å². The number of fused-ring (bicyclic) bond motifs is 3. The molecule has 1 fully saturated rings. The van der Waals surface area contributed by atoms with Crippen molar-refractivity contribution in [3.05, 3.63) is 72.0 Å². The van der Waals surface area contributed by atoms with Crippen molar-refractivity contribution in [1.82, 2.24) is 0 Å². The zero-order valence-electron chi connectivity index (χ0n) is 17.6. The third-order valence-corrected chi connectivity index (χ3v) is 8.49. The minimum absolute atomic E-state index is 0.276. The SMILES string of the molecule is COC(=O)c1ccc2c(c1)c1ccccc1[s+]2-c1ccc(OC2(C)CCCC2)c(F)c1. The number of carbonyl (C=O) groups excluding carboxylic acids is 1. The van der Waals surface area contributed by atoms with Crippen molar-refractivity contribution >= 4 is 36.6 Å². The molecule has 0 N–H and O–H groups in total. The summed E-state index contributed by atoms with van der Waals surface area (Å²) in [6, 6.07) is 19.1. The van der Waals surface area contributed by atoms with E-state index in [1.165, 1.54) is 7.11 Å². The van der Waals surface area contributed by atoms with Gasteiger partial charge in [-0.2, -0.15) is 0 Å². The fourth-order valence-electron chi connectivity index (χ4n) is 4.58. The summed E-state index contributed by atoms with van der Waals surface area (Å²) >= 11 is 0. The summed E-state index contributed by atoms with van der Waals surface area (Å²) < 4.78 is 28.3. The number of thiophene rings is 1. The molecular formula is C26H24FO3S+. The van der Waals surface area contributed by atoms with E-state index in [0.29, 0.717) is 11.3 Å². The molecule has 4 aromatic rings. The number of methoxy groups -OCH3 is 1. The van der Waals surface area contributed by atoms with Gasteiger partial charge in [-0.05, 0) is 69.0 Å². The van der Waals surface area contributed by atoms with Crippen LogP contribution in [0.25, 0.3) is 25.1 Å². The average molecular weight is 436 g/mol. The number of esters is 1. The summed E-state index contributed by atoms with van der Waals surface area (Å²) in [7, 11) is 0.937. The predicted octanol–water partition coefficient (Wildman–Crippen LogP) is 7.37. The first-order chi connectivity index (χ1) is 15.0. The van der Waals surface area contributed by atoms with Gasteiger partial charge in [-0.25, -0.2) is 9.18 Å². The number of hydrogen-bond acceptors (Lipinski definition) is 3. The molecule has 0 bridgehead atoms. The summed E-state index contributed by atoms with van der Waals surface area (Å²) in [5, 5.41) is 2.08. The van der Waals surface area contributed by atoms with Gasteiger partial charge in [0.25, 0.3) is 0 Å². The van der Waals surface area contributed by atoms with Crippen molar-refractivity contribution in [1.29, 1.82) is 0 Å². The van der Waals surface area contributed by atoms with Crippen molar-refractivity contribution in [3.63, 3.8) is 0 Å². The third-order valence-electron chi connectivity index (χ3n) is 6.17. The molecule has 1 saturated carbocycles. The molecule has 1 atom stereocenters. The maximum Gasteiger partial charge on any atom is 0.337 e. The molecule has 158 valence electrons. The Bertz CT molecular complexity index is 1300. The van der Waals surface area contributed by atoms with Crippen LogP contribution in [-0.2, 0) is 4.74 Å². The van der Waals surface area contributed by atoms with E-state index in [-0.39, 0.29) is 17.4 Å². The Morgan fingerprint density at radius 3 is 2.45 bits per heavy atom. The molecule has 0 radical (unpaired) electrons. The molecular weight excluding hydrogens is 411 g/mol. The Morgan fingerprint density at radius 1 is 0.968 bits per heavy atom. The van der Waals surface area contributed by atoms with E-state index in [0.717, 1.165) is 50.8 Å². The largest absolute Gasteiger partial charge is 0.484 e. The van der Waals surface area contributed by atoms with Crippen molar-refractivity contribution in [2.75, 3.05) is 7.11 Å². The minimum atomic E-state index is -0.445. The van der Waals surface area contributed by atoms with E-state index >= 15 is 4.39 Å². The van der Waals surface area contributed by atoms with Crippen LogP contribution < -0.4 is 4.74 Å². The second kappa shape index (κ2) is 7.65. The maximum absolute atomic E-state index is 15.1. The number of rotatable bonds is 4. The minimum Gasteiger partial charge on any atom is -0.484 e. The van der Waals surface area contributed by atoms with Gasteiger partial charge in [0, 0.05) is 33.4 Å². The lowest BCUT2D eigenvalue weighted by Crippen LogP contribution is -2.28. The monoisotopic (exact) mass is 435 g/mol. The standard InChI is InChI=1S/C26H24FO3S/c1-26(13-5-6-14-26)30-22-11-10-18(16-21(22)27)31-23-8-4-3-7-19(23)20-15-17(25(28)29-2)9-12-24(20)31/h3-4,7-12,15-16H,5-6,13-14H2,1-2H3/q+1. The normalized spacial score (nSPS) is 16.0. The van der Waals surface area contributed by atoms with Gasteiger partial charge in [0.05, 0.1) is 12.7 Å². The molecule has 1 heterocycles. The van der Waals surface area contributed by atoms with E-state index in [4.69, 9.17) is 9.47 Å². The molecule has 5 rings (SSSR count). The summed E-state index contributed by atoms with van der Waals surface area (Å²) in [5.41, 5.74) is 0.239. The highest BCUT2D eigenvalue weighted by Crippen LogP contribution is 2.49. The molecule has 1 unspecified atom stereocenters. The topological polar surface area (TPSA) is 35.5 Å². The van der Waals surface area contributed by atoms with Crippen LogP contribution in [0, 0.1) is 5.82 Å². The Hall–Kier alpha value is -2.92. The Labute approximate surface area is 183 Å². The number of benzene rings is 3. The summed E-state index contributed by atoms with van der Waals surface area (Å²) in [4.78, 5) is 12.9. The van der Waals surface area contributed by atoms with Gasteiger partial charge in [0.15, 0.2) is 25.9 Å². The van der Waals surface area contributed by atoms with Crippen LogP contribution in [0.15, 0.2) is 60.7 Å². The van der Waals surface area contributed by atoms with Crippen LogP contribution in [-0.4, -0.2) is 18.7 Å². The van der Waals surface area contributed by atoms with Crippen molar-refractivity contribution in [2.45, 2.75) is 38.2 Å². The predicted molar refractivity (Wildman–Crippen MR) is 124 cm³/mol. The van der Waals surface area contributed by atoms with E-state index in [9.17, 15) is 4.79 Å². The van der Waals surface area contributed by atoms with E-state index < -0.39 is 10.5 Å². The molecule has 1 aliphatic rings. The van der Waals surface area contributed by atoms with Crippen molar-refractivity contribution < 1.29 is 18.7 Å². The van der Waals surface area contributed by atoms with Crippen LogP contribution in [0.4, 0.5) is 4.39 Å². The number of hydrogen-bond donors (Lipinski definition) is 0. The van der Waals surface area contributed by atoms with E-state index in [1.54, 1.807) is 18.2 Å². The molecule has 3 nitrogen and oxygen atoms in total. The summed E-state index contributed by atoms with van der Waals surface area (Å²) in [6.07, 6.45) is 4.17. The first kappa shape index (κ1) is 20.0. The van der Waals surface area contributed by atoms with Gasteiger partial charge < -0.3 is 9.47 Å². The number of halogens is 1. The lowest BCUT2D eigenvalue weighted by atomic mass is 10.1. The fraction of sp³-hybridized carbons (Fsp3) is 0.269. The van der Waals surface area contributed by atoms with Crippen LogP contribution in [0.1, 0.15) is 43.0 Å². The molecule has 0 aliphatic heterocycles. The zero-order chi connectivity index (χ0) is 21.6. The lowest BCUT2D eigenvalue weighted by molar-refractivity contribution is 0.0601. The van der Waals surface area contributed by atoms with Crippen LogP contribution in [0.3, 0.4) is 0 Å². The molecule has 0 spiro atoms. The first-order valence-electron chi connectivity index (χ1n) is 10.5. The van der Waals surface area contributed by atoms with Gasteiger partial charge in [0.1, 0.15) is 5.60 Å². The summed E-state index contributed by atoms with van der Waals surface area (Å²) in [5.74, 6) is -0.360. The number of carbonyl (C=O) groups is 1. The zero-order valence-corrected chi connectivity index (χ0v) is 18.4. The quantitative estimate of drug-likeness (QED) is 0.248. The number of ether oxygens (including phenoxy) is 2. The Kier molecular flexibility index (Phi) is 4.94. The van der Waals surface area contributed by atoms with Crippen molar-refractivity contribution in [2.24, 2.45) is 0 Å². The van der Waals surface area contributed by atoms with Gasteiger partial charge in [0.2, 0.25) is 0 Å². The average Bonchev–Trinajstić information content (AvgIpc) is 3.35. The van der Waals surface area contributed by atoms with Crippen LogP contribution >= 0.6 is 10.5 Å². The lowest BCUT2D eigenvalue weighted by Gasteiger charge is -2.25. The van der Waals surface area contributed by atoms with Gasteiger partial charge in [-0.3, -0.25) is 0 Å². The van der Waals surface area contributed by atoms with E-state index in [1.807, 2.05) is 30.3 Å². The maximum atomic E-state index is 15.1. The fourth-order valence-corrected chi connectivity index (χ4v) is 6.96. The first-order valence-corrected chi connectivity index (χ1v) is 11.8. The highest BCUT2D eigenvalue weighted by molar-refractivity contribution is 7.50. The molecule has 0 saturated heterocycles. The highest BCUT2D eigenvalue weighted by atomic mass is 32.2. The molecule has 31 heavy (non-hydrogen) atoms. The smallest absolute Gasteiger partial charge is 0.337 e. The Balaban J connectivity index is 1.64. The molecule has 3 aromatic carbocycles. The molecule has 1 aliphatic carbocycles. The molecule has 1 aromatic heterocycles. The second-order valence-corrected chi connectivity index (χ2v) is 10.3. The van der Waals surface area contributed by atoms with E-state index in [2.05, 4.69) is 19.1 Å². The highest BCUT2D eigenvalue weighted by Gasteiger charge is 2.32. The van der Waals surface area contributed by atoms with Crippen LogP contribution in [0.2, 0.25) is 0 Å². The Morgan fingerprint density at radius 2 is 1.71 bits per heavy atom. The van der Waals surface area contributed by atoms with Gasteiger partial charge in [-0.1, -0.05) is 12.1 Å². The van der Waals surface area contributed by atoms with Gasteiger partial charge in [-0.15, -0.1) is 0 Å². The van der Waals surface area contributed by atoms with Crippen LogP contribution in [0.5, 0.6) is 5.75 Å². The molecule has 5 heteroatoms. The second-order valence-electron chi connectivity index (χ2n) is 8.36. The molecule has 0 amide bonds. The van der Waals surface area contributed by atoms with Crippen molar-refractivity contribution in [3.8, 4) is 10.6 Å².